The van der Waals surface area contributed by atoms with Crippen molar-refractivity contribution in [3.63, 3.8) is 0 Å². The Balaban J connectivity index is 2.45. The third kappa shape index (κ3) is 5.35. The lowest BCUT2D eigenvalue weighted by molar-refractivity contribution is -0.146. The molecule has 0 aromatic heterocycles. The number of nitrogens with two attached hydrogens (primary N) is 1. The van der Waals surface area contributed by atoms with E-state index in [4.69, 9.17) is 10.5 Å². The van der Waals surface area contributed by atoms with Gasteiger partial charge in [0.2, 0.25) is 0 Å². The SMILES string of the molecule is COC(=O)C(C)(N)CCCOc1ccc(S(C)(=O)=O)cc1. The summed E-state index contributed by atoms with van der Waals surface area (Å²) in [5.41, 5.74) is 4.79. The largest absolute Gasteiger partial charge is 0.494 e. The van der Waals surface area contributed by atoms with E-state index in [1.807, 2.05) is 0 Å². The van der Waals surface area contributed by atoms with Gasteiger partial charge in [-0.15, -0.1) is 0 Å². The molecule has 0 aliphatic rings. The zero-order valence-electron chi connectivity index (χ0n) is 12.5. The van der Waals surface area contributed by atoms with Crippen molar-refractivity contribution >= 4 is 15.8 Å². The van der Waals surface area contributed by atoms with Gasteiger partial charge in [0.1, 0.15) is 11.3 Å². The fraction of sp³-hybridized carbons (Fsp3) is 0.500. The van der Waals surface area contributed by atoms with Gasteiger partial charge in [0.25, 0.3) is 0 Å². The first-order valence-corrected chi connectivity index (χ1v) is 8.36. The number of esters is 1. The number of benzene rings is 1. The van der Waals surface area contributed by atoms with Crippen LogP contribution in [0.5, 0.6) is 5.75 Å². The van der Waals surface area contributed by atoms with Crippen LogP contribution in [0.25, 0.3) is 0 Å². The molecule has 21 heavy (non-hydrogen) atoms. The molecule has 2 N–H and O–H groups in total. The molecule has 1 atom stereocenters. The van der Waals surface area contributed by atoms with Crippen LogP contribution in [0.1, 0.15) is 19.8 Å². The lowest BCUT2D eigenvalue weighted by Crippen LogP contribution is -2.45. The van der Waals surface area contributed by atoms with Crippen LogP contribution >= 0.6 is 0 Å². The van der Waals surface area contributed by atoms with Crippen LogP contribution in [-0.4, -0.2) is 39.9 Å². The minimum absolute atomic E-state index is 0.245. The molecule has 0 amide bonds. The van der Waals surface area contributed by atoms with E-state index in [1.165, 1.54) is 19.2 Å². The molecule has 0 bridgehead atoms. The Bertz CT molecular complexity index is 578. The summed E-state index contributed by atoms with van der Waals surface area (Å²) in [5.74, 6) is 0.110. The topological polar surface area (TPSA) is 95.7 Å². The van der Waals surface area contributed by atoms with Crippen molar-refractivity contribution in [2.45, 2.75) is 30.2 Å². The number of hydrogen-bond acceptors (Lipinski definition) is 6. The molecule has 1 rings (SSSR count). The second-order valence-corrected chi connectivity index (χ2v) is 7.12. The highest BCUT2D eigenvalue weighted by atomic mass is 32.2. The first kappa shape index (κ1) is 17.5. The van der Waals surface area contributed by atoms with Crippen LogP contribution in [0.4, 0.5) is 0 Å². The van der Waals surface area contributed by atoms with Crippen molar-refractivity contribution in [3.8, 4) is 5.75 Å². The Labute approximate surface area is 125 Å². The number of hydrogen-bond donors (Lipinski definition) is 1. The molecule has 1 aromatic rings. The highest BCUT2D eigenvalue weighted by Gasteiger charge is 2.28. The molecule has 0 aliphatic carbocycles. The second kappa shape index (κ2) is 6.91. The molecule has 0 spiro atoms. The van der Waals surface area contributed by atoms with Gasteiger partial charge in [0.15, 0.2) is 9.84 Å². The van der Waals surface area contributed by atoms with Gasteiger partial charge >= 0.3 is 5.97 Å². The molecule has 0 heterocycles. The molecular weight excluding hydrogens is 294 g/mol. The summed E-state index contributed by atoms with van der Waals surface area (Å²) < 4.78 is 32.7. The molecule has 0 saturated heterocycles. The van der Waals surface area contributed by atoms with Gasteiger partial charge in [0.05, 0.1) is 18.6 Å². The van der Waals surface area contributed by atoms with Crippen LogP contribution in [0.15, 0.2) is 29.2 Å². The number of methoxy groups -OCH3 is 1. The smallest absolute Gasteiger partial charge is 0.325 e. The van der Waals surface area contributed by atoms with E-state index in [9.17, 15) is 13.2 Å². The average Bonchev–Trinajstić information content (AvgIpc) is 2.42. The van der Waals surface area contributed by atoms with Gasteiger partial charge < -0.3 is 15.2 Å². The first-order chi connectivity index (χ1) is 9.66. The normalized spacial score (nSPS) is 14.3. The summed E-state index contributed by atoms with van der Waals surface area (Å²) in [4.78, 5) is 11.6. The Morgan fingerprint density at radius 1 is 1.29 bits per heavy atom. The monoisotopic (exact) mass is 315 g/mol. The van der Waals surface area contributed by atoms with Gasteiger partial charge in [-0.05, 0) is 44.0 Å². The lowest BCUT2D eigenvalue weighted by atomic mass is 9.98. The molecule has 7 heteroatoms. The minimum atomic E-state index is -3.20. The fourth-order valence-corrected chi connectivity index (χ4v) is 2.38. The molecule has 118 valence electrons. The lowest BCUT2D eigenvalue weighted by Gasteiger charge is -2.21. The average molecular weight is 315 g/mol. The molecule has 0 aliphatic heterocycles. The number of carbonyl (C=O) groups is 1. The van der Waals surface area contributed by atoms with Gasteiger partial charge in [0, 0.05) is 6.26 Å². The van der Waals surface area contributed by atoms with E-state index in [-0.39, 0.29) is 4.90 Å². The molecule has 6 nitrogen and oxygen atoms in total. The highest BCUT2D eigenvalue weighted by molar-refractivity contribution is 7.90. The first-order valence-electron chi connectivity index (χ1n) is 6.47. The van der Waals surface area contributed by atoms with Crippen LogP contribution in [0, 0.1) is 0 Å². The summed E-state index contributed by atoms with van der Waals surface area (Å²) in [5, 5.41) is 0. The Kier molecular flexibility index (Phi) is 5.74. The van der Waals surface area contributed by atoms with Gasteiger partial charge in [-0.1, -0.05) is 0 Å². The van der Waals surface area contributed by atoms with E-state index < -0.39 is 21.3 Å². The van der Waals surface area contributed by atoms with E-state index in [0.29, 0.717) is 25.2 Å². The molecule has 1 unspecified atom stereocenters. The number of sulfone groups is 1. The second-order valence-electron chi connectivity index (χ2n) is 5.10. The summed E-state index contributed by atoms with van der Waals surface area (Å²) in [6.45, 7) is 1.99. The Morgan fingerprint density at radius 3 is 2.33 bits per heavy atom. The zero-order valence-corrected chi connectivity index (χ0v) is 13.3. The van der Waals surface area contributed by atoms with Gasteiger partial charge in [-0.3, -0.25) is 4.79 Å². The maximum absolute atomic E-state index is 11.4. The molecule has 1 aromatic carbocycles. The van der Waals surface area contributed by atoms with E-state index in [2.05, 4.69) is 4.74 Å². The highest BCUT2D eigenvalue weighted by Crippen LogP contribution is 2.17. The maximum Gasteiger partial charge on any atom is 0.325 e. The summed E-state index contributed by atoms with van der Waals surface area (Å²) in [6.07, 6.45) is 2.16. The van der Waals surface area contributed by atoms with Crippen LogP contribution < -0.4 is 10.5 Å². The third-order valence-electron chi connectivity index (χ3n) is 3.01. The van der Waals surface area contributed by atoms with Crippen LogP contribution in [0.2, 0.25) is 0 Å². The predicted molar refractivity (Wildman–Crippen MR) is 78.9 cm³/mol. The number of rotatable bonds is 7. The van der Waals surface area contributed by atoms with Crippen LogP contribution in [0.3, 0.4) is 0 Å². The third-order valence-corrected chi connectivity index (χ3v) is 4.14. The minimum Gasteiger partial charge on any atom is -0.494 e. The van der Waals surface area contributed by atoms with Crippen molar-refractivity contribution in [1.29, 1.82) is 0 Å². The molecule has 0 saturated carbocycles. The predicted octanol–water partition coefficient (Wildman–Crippen LogP) is 1.14. The van der Waals surface area contributed by atoms with Crippen molar-refractivity contribution in [3.05, 3.63) is 24.3 Å². The maximum atomic E-state index is 11.4. The summed E-state index contributed by atoms with van der Waals surface area (Å²) in [7, 11) is -1.90. The zero-order chi connectivity index (χ0) is 16.1. The quantitative estimate of drug-likeness (QED) is 0.599. The molecule has 0 radical (unpaired) electrons. The number of carbonyl (C=O) groups excluding carboxylic acids is 1. The van der Waals surface area contributed by atoms with Crippen molar-refractivity contribution < 1.29 is 22.7 Å². The van der Waals surface area contributed by atoms with Crippen LogP contribution in [-0.2, 0) is 19.4 Å². The van der Waals surface area contributed by atoms with E-state index >= 15 is 0 Å². The number of ether oxygens (including phenoxy) is 2. The van der Waals surface area contributed by atoms with E-state index in [0.717, 1.165) is 6.26 Å². The Morgan fingerprint density at radius 2 is 1.86 bits per heavy atom. The summed E-state index contributed by atoms with van der Waals surface area (Å²) >= 11 is 0. The van der Waals surface area contributed by atoms with Crippen molar-refractivity contribution in [2.24, 2.45) is 5.73 Å². The van der Waals surface area contributed by atoms with Gasteiger partial charge in [-0.25, -0.2) is 8.42 Å². The molecule has 0 fully saturated rings. The fourth-order valence-electron chi connectivity index (χ4n) is 1.75. The molecular formula is C14H21NO5S. The standard InChI is InChI=1S/C14H21NO5S/c1-14(15,13(16)19-2)9-4-10-20-11-5-7-12(8-6-11)21(3,17)18/h5-8H,4,9-10,15H2,1-3H3. The van der Waals surface area contributed by atoms with Crippen molar-refractivity contribution in [1.82, 2.24) is 0 Å². The van der Waals surface area contributed by atoms with Gasteiger partial charge in [-0.2, -0.15) is 0 Å². The van der Waals surface area contributed by atoms with Crippen molar-refractivity contribution in [2.75, 3.05) is 20.0 Å². The van der Waals surface area contributed by atoms with E-state index in [1.54, 1.807) is 19.1 Å². The Hall–Kier alpha value is -1.60. The summed E-state index contributed by atoms with van der Waals surface area (Å²) in [6, 6.07) is 6.18.